The van der Waals surface area contributed by atoms with Gasteiger partial charge in [-0.25, -0.2) is 4.39 Å². The molecule has 1 aromatic heterocycles. The lowest BCUT2D eigenvalue weighted by atomic mass is 10.1. The minimum Gasteiger partial charge on any atom is -0.381 e. The fourth-order valence-electron chi connectivity index (χ4n) is 1.64. The Morgan fingerprint density at radius 3 is 2.62 bits per heavy atom. The molecule has 0 amide bonds. The highest BCUT2D eigenvalue weighted by molar-refractivity contribution is 5.65. The summed E-state index contributed by atoms with van der Waals surface area (Å²) in [4.78, 5) is 0. The van der Waals surface area contributed by atoms with E-state index >= 15 is 0 Å². The van der Waals surface area contributed by atoms with Crippen LogP contribution in [0.5, 0.6) is 0 Å². The van der Waals surface area contributed by atoms with E-state index in [0.29, 0.717) is 11.6 Å². The molecule has 0 unspecified atom stereocenters. The fraction of sp³-hybridized carbons (Fsp3) is 0.250. The second-order valence-corrected chi connectivity index (χ2v) is 3.63. The van der Waals surface area contributed by atoms with Crippen LogP contribution in [0.1, 0.15) is 18.9 Å². The Labute approximate surface area is 93.1 Å². The van der Waals surface area contributed by atoms with Crippen molar-refractivity contribution in [2.24, 2.45) is 0 Å². The number of hydrogen-bond donors (Lipinski definition) is 1. The maximum absolute atomic E-state index is 12.8. The van der Waals surface area contributed by atoms with Gasteiger partial charge in [-0.1, -0.05) is 18.5 Å². The highest BCUT2D eigenvalue weighted by atomic mass is 19.1. The number of benzene rings is 1. The number of anilines is 1. The van der Waals surface area contributed by atoms with Crippen LogP contribution in [-0.2, 0) is 6.42 Å². The SMILES string of the molecule is CCCc1c(N)noc1-c1ccc(F)cc1. The highest BCUT2D eigenvalue weighted by Crippen LogP contribution is 2.28. The van der Waals surface area contributed by atoms with Gasteiger partial charge in [0.25, 0.3) is 0 Å². The number of rotatable bonds is 3. The van der Waals surface area contributed by atoms with Gasteiger partial charge in [0.1, 0.15) is 5.82 Å². The number of nitrogens with zero attached hydrogens (tertiary/aromatic N) is 1. The summed E-state index contributed by atoms with van der Waals surface area (Å²) in [5, 5.41) is 3.74. The Balaban J connectivity index is 2.43. The third-order valence-electron chi connectivity index (χ3n) is 2.42. The van der Waals surface area contributed by atoms with Gasteiger partial charge in [0.05, 0.1) is 0 Å². The van der Waals surface area contributed by atoms with Crippen molar-refractivity contribution in [2.45, 2.75) is 19.8 Å². The predicted octanol–water partition coefficient (Wildman–Crippen LogP) is 3.02. The van der Waals surface area contributed by atoms with Crippen molar-refractivity contribution in [1.82, 2.24) is 5.16 Å². The Kier molecular flexibility index (Phi) is 2.90. The monoisotopic (exact) mass is 220 g/mol. The zero-order chi connectivity index (χ0) is 11.5. The molecule has 0 bridgehead atoms. The van der Waals surface area contributed by atoms with E-state index in [1.807, 2.05) is 0 Å². The van der Waals surface area contributed by atoms with Gasteiger partial charge in [-0.2, -0.15) is 0 Å². The van der Waals surface area contributed by atoms with Crippen LogP contribution in [0, 0.1) is 5.82 Å². The maximum atomic E-state index is 12.8. The number of hydrogen-bond acceptors (Lipinski definition) is 3. The number of nitrogens with two attached hydrogens (primary N) is 1. The lowest BCUT2D eigenvalue weighted by Crippen LogP contribution is -1.92. The van der Waals surface area contributed by atoms with Gasteiger partial charge in [0.15, 0.2) is 11.6 Å². The zero-order valence-electron chi connectivity index (χ0n) is 9.03. The van der Waals surface area contributed by atoms with Gasteiger partial charge in [0.2, 0.25) is 0 Å². The second-order valence-electron chi connectivity index (χ2n) is 3.63. The lowest BCUT2D eigenvalue weighted by Gasteiger charge is -2.00. The summed E-state index contributed by atoms with van der Waals surface area (Å²) in [5.41, 5.74) is 7.41. The van der Waals surface area contributed by atoms with Crippen molar-refractivity contribution in [2.75, 3.05) is 5.73 Å². The van der Waals surface area contributed by atoms with Gasteiger partial charge in [-0.15, -0.1) is 0 Å². The minimum absolute atomic E-state index is 0.270. The molecule has 3 nitrogen and oxygen atoms in total. The molecule has 0 aliphatic heterocycles. The summed E-state index contributed by atoms with van der Waals surface area (Å²) in [6.45, 7) is 2.06. The van der Waals surface area contributed by atoms with Gasteiger partial charge in [-0.3, -0.25) is 0 Å². The van der Waals surface area contributed by atoms with Crippen LogP contribution >= 0.6 is 0 Å². The van der Waals surface area contributed by atoms with E-state index in [4.69, 9.17) is 10.3 Å². The van der Waals surface area contributed by atoms with Crippen LogP contribution in [0.25, 0.3) is 11.3 Å². The summed E-state index contributed by atoms with van der Waals surface area (Å²) >= 11 is 0. The van der Waals surface area contributed by atoms with E-state index in [0.717, 1.165) is 24.0 Å². The third kappa shape index (κ3) is 1.91. The summed E-state index contributed by atoms with van der Waals surface area (Å²) in [5.74, 6) is 0.786. The molecule has 16 heavy (non-hydrogen) atoms. The maximum Gasteiger partial charge on any atom is 0.172 e. The molecule has 84 valence electrons. The van der Waals surface area contributed by atoms with E-state index < -0.39 is 0 Å². The molecule has 0 saturated heterocycles. The topological polar surface area (TPSA) is 52.0 Å². The lowest BCUT2D eigenvalue weighted by molar-refractivity contribution is 0.435. The van der Waals surface area contributed by atoms with E-state index in [1.54, 1.807) is 12.1 Å². The van der Waals surface area contributed by atoms with Gasteiger partial charge in [0, 0.05) is 11.1 Å². The van der Waals surface area contributed by atoms with Crippen LogP contribution < -0.4 is 5.73 Å². The first-order valence-corrected chi connectivity index (χ1v) is 5.22. The van der Waals surface area contributed by atoms with E-state index in [2.05, 4.69) is 12.1 Å². The van der Waals surface area contributed by atoms with Gasteiger partial charge in [-0.05, 0) is 30.7 Å². The van der Waals surface area contributed by atoms with Crippen molar-refractivity contribution in [3.8, 4) is 11.3 Å². The normalized spacial score (nSPS) is 10.6. The molecule has 2 aromatic rings. The van der Waals surface area contributed by atoms with Gasteiger partial charge < -0.3 is 10.3 Å². The van der Waals surface area contributed by atoms with Crippen molar-refractivity contribution in [3.05, 3.63) is 35.6 Å². The molecule has 0 fully saturated rings. The summed E-state index contributed by atoms with van der Waals surface area (Å²) in [6.07, 6.45) is 1.77. The van der Waals surface area contributed by atoms with Crippen LogP contribution in [0.15, 0.2) is 28.8 Å². The first-order valence-electron chi connectivity index (χ1n) is 5.22. The summed E-state index contributed by atoms with van der Waals surface area (Å²) < 4.78 is 18.0. The molecule has 0 aliphatic carbocycles. The van der Waals surface area contributed by atoms with Crippen LogP contribution in [0.3, 0.4) is 0 Å². The van der Waals surface area contributed by atoms with E-state index in [9.17, 15) is 4.39 Å². The zero-order valence-corrected chi connectivity index (χ0v) is 9.03. The molecule has 2 N–H and O–H groups in total. The molecule has 0 spiro atoms. The van der Waals surface area contributed by atoms with Crippen molar-refractivity contribution in [1.29, 1.82) is 0 Å². The Hall–Kier alpha value is -1.84. The molecular weight excluding hydrogens is 207 g/mol. The molecule has 0 saturated carbocycles. The molecule has 4 heteroatoms. The first-order chi connectivity index (χ1) is 7.72. The molecule has 0 aliphatic rings. The molecule has 1 aromatic carbocycles. The molecule has 2 rings (SSSR count). The fourth-order valence-corrected chi connectivity index (χ4v) is 1.64. The number of nitrogen functional groups attached to an aromatic ring is 1. The number of halogens is 1. The summed E-state index contributed by atoms with van der Waals surface area (Å²) in [7, 11) is 0. The highest BCUT2D eigenvalue weighted by Gasteiger charge is 2.14. The number of aromatic nitrogens is 1. The van der Waals surface area contributed by atoms with Crippen LogP contribution in [0.2, 0.25) is 0 Å². The minimum atomic E-state index is -0.270. The quantitative estimate of drug-likeness (QED) is 0.865. The average molecular weight is 220 g/mol. The third-order valence-corrected chi connectivity index (χ3v) is 2.42. The Morgan fingerprint density at radius 1 is 1.31 bits per heavy atom. The molecule has 0 atom stereocenters. The van der Waals surface area contributed by atoms with E-state index in [-0.39, 0.29) is 5.82 Å². The second kappa shape index (κ2) is 4.35. The van der Waals surface area contributed by atoms with E-state index in [1.165, 1.54) is 12.1 Å². The molecule has 1 heterocycles. The molecular formula is C12H13FN2O. The standard InChI is InChI=1S/C12H13FN2O/c1-2-3-10-11(16-15-12(10)14)8-4-6-9(13)7-5-8/h4-7H,2-3H2,1H3,(H2,14,15). The van der Waals surface area contributed by atoms with Gasteiger partial charge >= 0.3 is 0 Å². The molecule has 0 radical (unpaired) electrons. The largest absolute Gasteiger partial charge is 0.381 e. The predicted molar refractivity (Wildman–Crippen MR) is 60.3 cm³/mol. The van der Waals surface area contributed by atoms with Crippen LogP contribution in [-0.4, -0.2) is 5.16 Å². The van der Waals surface area contributed by atoms with Crippen molar-refractivity contribution >= 4 is 5.82 Å². The first kappa shape index (κ1) is 10.7. The Morgan fingerprint density at radius 2 is 2.00 bits per heavy atom. The smallest absolute Gasteiger partial charge is 0.172 e. The average Bonchev–Trinajstić information content (AvgIpc) is 2.63. The van der Waals surface area contributed by atoms with Crippen LogP contribution in [0.4, 0.5) is 10.2 Å². The van der Waals surface area contributed by atoms with Crippen molar-refractivity contribution < 1.29 is 8.91 Å². The summed E-state index contributed by atoms with van der Waals surface area (Å²) in [6, 6.07) is 6.11. The van der Waals surface area contributed by atoms with Crippen molar-refractivity contribution in [3.63, 3.8) is 0 Å². The Bertz CT molecular complexity index is 476.